The van der Waals surface area contributed by atoms with Gasteiger partial charge >= 0.3 is 5.97 Å². The van der Waals surface area contributed by atoms with Crippen molar-refractivity contribution in [3.05, 3.63) is 58.6 Å². The summed E-state index contributed by atoms with van der Waals surface area (Å²) >= 11 is 6.05. The lowest BCUT2D eigenvalue weighted by molar-refractivity contribution is 0.0697. The van der Waals surface area contributed by atoms with Gasteiger partial charge in [0.1, 0.15) is 5.75 Å². The number of ether oxygens (including phenoxy) is 1. The molecule has 0 bridgehead atoms. The summed E-state index contributed by atoms with van der Waals surface area (Å²) in [5, 5.41) is 12.4. The zero-order valence-electron chi connectivity index (χ0n) is 10.9. The Kier molecular flexibility index (Phi) is 4.48. The van der Waals surface area contributed by atoms with Gasteiger partial charge in [0.2, 0.25) is 0 Å². The second-order valence-corrected chi connectivity index (χ2v) is 4.61. The number of nitrogens with one attached hydrogen (secondary N) is 1. The fourth-order valence-electron chi connectivity index (χ4n) is 1.77. The molecule has 2 N–H and O–H groups in total. The highest BCUT2D eigenvalue weighted by molar-refractivity contribution is 6.33. The number of aromatic carboxylic acids is 1. The topological polar surface area (TPSA) is 58.6 Å². The van der Waals surface area contributed by atoms with E-state index in [1.165, 1.54) is 12.1 Å². The van der Waals surface area contributed by atoms with Gasteiger partial charge in [0.25, 0.3) is 0 Å². The van der Waals surface area contributed by atoms with Gasteiger partial charge < -0.3 is 15.2 Å². The number of carboxylic acids is 1. The molecule has 104 valence electrons. The van der Waals surface area contributed by atoms with E-state index >= 15 is 0 Å². The third-order valence-electron chi connectivity index (χ3n) is 2.83. The van der Waals surface area contributed by atoms with Crippen LogP contribution in [-0.2, 0) is 6.54 Å². The van der Waals surface area contributed by atoms with E-state index in [1.54, 1.807) is 13.2 Å². The molecule has 0 spiro atoms. The minimum Gasteiger partial charge on any atom is -0.497 e. The van der Waals surface area contributed by atoms with Gasteiger partial charge in [-0.25, -0.2) is 4.79 Å². The van der Waals surface area contributed by atoms with Gasteiger partial charge in [0.05, 0.1) is 23.4 Å². The van der Waals surface area contributed by atoms with Crippen LogP contribution in [0.2, 0.25) is 5.02 Å². The van der Waals surface area contributed by atoms with E-state index in [4.69, 9.17) is 21.4 Å². The molecule has 0 aliphatic heterocycles. The molecule has 5 heteroatoms. The summed E-state index contributed by atoms with van der Waals surface area (Å²) in [4.78, 5) is 10.8. The number of methoxy groups -OCH3 is 1. The van der Waals surface area contributed by atoms with Crippen LogP contribution in [0.3, 0.4) is 0 Å². The molecule has 0 amide bonds. The number of hydrogen-bond acceptors (Lipinski definition) is 3. The van der Waals surface area contributed by atoms with E-state index < -0.39 is 5.97 Å². The molecule has 0 aromatic heterocycles. The summed E-state index contributed by atoms with van der Waals surface area (Å²) in [5.74, 6) is -0.206. The summed E-state index contributed by atoms with van der Waals surface area (Å²) in [7, 11) is 1.62. The average molecular weight is 292 g/mol. The second-order valence-electron chi connectivity index (χ2n) is 4.20. The molecular weight excluding hydrogens is 278 g/mol. The molecule has 0 aliphatic carbocycles. The lowest BCUT2D eigenvalue weighted by atomic mass is 10.2. The zero-order chi connectivity index (χ0) is 14.5. The maximum atomic E-state index is 10.8. The molecule has 0 atom stereocenters. The Balaban J connectivity index is 2.08. The predicted molar refractivity (Wildman–Crippen MR) is 78.7 cm³/mol. The fourth-order valence-corrected chi connectivity index (χ4v) is 2.02. The van der Waals surface area contributed by atoms with Crippen molar-refractivity contribution in [3.63, 3.8) is 0 Å². The number of anilines is 1. The van der Waals surface area contributed by atoms with Gasteiger partial charge in [-0.15, -0.1) is 0 Å². The molecule has 2 aromatic carbocycles. The van der Waals surface area contributed by atoms with Crippen molar-refractivity contribution in [1.29, 1.82) is 0 Å². The molecule has 4 nitrogen and oxygen atoms in total. The lowest BCUT2D eigenvalue weighted by Crippen LogP contribution is -2.02. The number of carboxylic acid groups (broad SMARTS) is 1. The Labute approximate surface area is 122 Å². The molecule has 20 heavy (non-hydrogen) atoms. The maximum absolute atomic E-state index is 10.8. The third-order valence-corrected chi connectivity index (χ3v) is 3.15. The van der Waals surface area contributed by atoms with Crippen molar-refractivity contribution in [1.82, 2.24) is 0 Å². The standard InChI is InChI=1S/C15H14ClNO3/c1-20-12-4-2-3-10(7-12)9-17-14-6-5-11(15(18)19)8-13(14)16/h2-8,17H,9H2,1H3,(H,18,19). The number of carbonyl (C=O) groups is 1. The Morgan fingerprint density at radius 3 is 2.75 bits per heavy atom. The first-order chi connectivity index (χ1) is 9.60. The smallest absolute Gasteiger partial charge is 0.335 e. The van der Waals surface area contributed by atoms with Gasteiger partial charge in [-0.3, -0.25) is 0 Å². The van der Waals surface area contributed by atoms with Crippen LogP contribution in [0.15, 0.2) is 42.5 Å². The Morgan fingerprint density at radius 1 is 1.30 bits per heavy atom. The molecule has 0 fully saturated rings. The van der Waals surface area contributed by atoms with Gasteiger partial charge in [-0.05, 0) is 35.9 Å². The van der Waals surface area contributed by atoms with Crippen molar-refractivity contribution < 1.29 is 14.6 Å². The second kappa shape index (κ2) is 6.30. The minimum absolute atomic E-state index is 0.168. The first kappa shape index (κ1) is 14.2. The van der Waals surface area contributed by atoms with Crippen molar-refractivity contribution in [2.75, 3.05) is 12.4 Å². The summed E-state index contributed by atoms with van der Waals surface area (Å²) in [6, 6.07) is 12.3. The Hall–Kier alpha value is -2.20. The molecule has 0 radical (unpaired) electrons. The van der Waals surface area contributed by atoms with E-state index in [0.717, 1.165) is 11.3 Å². The van der Waals surface area contributed by atoms with Gasteiger partial charge in [0, 0.05) is 6.54 Å². The first-order valence-electron chi connectivity index (χ1n) is 6.00. The monoisotopic (exact) mass is 291 g/mol. The summed E-state index contributed by atoms with van der Waals surface area (Å²) in [6.45, 7) is 0.573. The van der Waals surface area contributed by atoms with Crippen LogP contribution in [0.4, 0.5) is 5.69 Å². The van der Waals surface area contributed by atoms with Crippen molar-refractivity contribution in [3.8, 4) is 5.75 Å². The quantitative estimate of drug-likeness (QED) is 0.882. The molecule has 0 saturated heterocycles. The highest BCUT2D eigenvalue weighted by Gasteiger charge is 2.06. The van der Waals surface area contributed by atoms with Crippen LogP contribution in [0.25, 0.3) is 0 Å². The first-order valence-corrected chi connectivity index (χ1v) is 6.37. The van der Waals surface area contributed by atoms with Crippen LogP contribution in [-0.4, -0.2) is 18.2 Å². The fraction of sp³-hybridized carbons (Fsp3) is 0.133. The average Bonchev–Trinajstić information content (AvgIpc) is 2.46. The van der Waals surface area contributed by atoms with Crippen LogP contribution in [0.5, 0.6) is 5.75 Å². The molecule has 0 unspecified atom stereocenters. The summed E-state index contributed by atoms with van der Waals surface area (Å²) < 4.78 is 5.15. The van der Waals surface area contributed by atoms with E-state index in [-0.39, 0.29) is 5.56 Å². The normalized spacial score (nSPS) is 10.1. The number of hydrogen-bond donors (Lipinski definition) is 2. The molecular formula is C15H14ClNO3. The highest BCUT2D eigenvalue weighted by atomic mass is 35.5. The SMILES string of the molecule is COc1cccc(CNc2ccc(C(=O)O)cc2Cl)c1. The Morgan fingerprint density at radius 2 is 2.10 bits per heavy atom. The molecule has 0 heterocycles. The van der Waals surface area contributed by atoms with Crippen LogP contribution in [0, 0.1) is 0 Å². The number of halogens is 1. The van der Waals surface area contributed by atoms with E-state index in [2.05, 4.69) is 5.32 Å². The minimum atomic E-state index is -0.994. The van der Waals surface area contributed by atoms with E-state index in [1.807, 2.05) is 24.3 Å². The molecule has 0 aliphatic rings. The zero-order valence-corrected chi connectivity index (χ0v) is 11.6. The largest absolute Gasteiger partial charge is 0.497 e. The van der Waals surface area contributed by atoms with Crippen molar-refractivity contribution in [2.24, 2.45) is 0 Å². The van der Waals surface area contributed by atoms with E-state index in [0.29, 0.717) is 17.3 Å². The van der Waals surface area contributed by atoms with Gasteiger partial charge in [0.15, 0.2) is 0 Å². The van der Waals surface area contributed by atoms with Crippen LogP contribution >= 0.6 is 11.6 Å². The van der Waals surface area contributed by atoms with Crippen LogP contribution < -0.4 is 10.1 Å². The lowest BCUT2D eigenvalue weighted by Gasteiger charge is -2.10. The summed E-state index contributed by atoms with van der Waals surface area (Å²) in [5.41, 5.74) is 1.91. The maximum Gasteiger partial charge on any atom is 0.335 e. The van der Waals surface area contributed by atoms with E-state index in [9.17, 15) is 4.79 Å². The third kappa shape index (κ3) is 3.42. The van der Waals surface area contributed by atoms with Crippen molar-refractivity contribution >= 4 is 23.3 Å². The summed E-state index contributed by atoms with van der Waals surface area (Å²) in [6.07, 6.45) is 0. The van der Waals surface area contributed by atoms with Crippen LogP contribution in [0.1, 0.15) is 15.9 Å². The highest BCUT2D eigenvalue weighted by Crippen LogP contribution is 2.24. The van der Waals surface area contributed by atoms with Crippen molar-refractivity contribution in [2.45, 2.75) is 6.54 Å². The molecule has 0 saturated carbocycles. The number of rotatable bonds is 5. The van der Waals surface area contributed by atoms with Gasteiger partial charge in [-0.1, -0.05) is 23.7 Å². The Bertz CT molecular complexity index is 628. The molecule has 2 rings (SSSR count). The number of benzene rings is 2. The molecule has 2 aromatic rings. The van der Waals surface area contributed by atoms with Gasteiger partial charge in [-0.2, -0.15) is 0 Å². The predicted octanol–water partition coefficient (Wildman–Crippen LogP) is 3.66.